The molecule has 0 saturated carbocycles. The summed E-state index contributed by atoms with van der Waals surface area (Å²) in [4.78, 5) is 23.0. The topological polar surface area (TPSA) is 83.6 Å². The minimum atomic E-state index is -1.45. The van der Waals surface area contributed by atoms with Gasteiger partial charge in [-0.25, -0.2) is 4.79 Å². The molecule has 2 saturated heterocycles. The van der Waals surface area contributed by atoms with Crippen LogP contribution in [0.1, 0.15) is 6.42 Å². The summed E-state index contributed by atoms with van der Waals surface area (Å²) in [6.07, 6.45) is 0.427. The molecule has 0 bridgehead atoms. The van der Waals surface area contributed by atoms with E-state index in [-0.39, 0.29) is 11.3 Å². The number of amides is 1. The smallest absolute Gasteiger partial charge is 0.345 e. The fraction of sp³-hybridized carbons (Fsp3) is 0.667. The van der Waals surface area contributed by atoms with Crippen LogP contribution in [0.2, 0.25) is 0 Å². The van der Waals surface area contributed by atoms with Gasteiger partial charge in [-0.05, 0) is 0 Å². The van der Waals surface area contributed by atoms with E-state index >= 15 is 0 Å². The summed E-state index contributed by atoms with van der Waals surface area (Å²) in [5.41, 5.74) is 4.11. The maximum atomic E-state index is 11.0. The first-order valence-corrected chi connectivity index (χ1v) is 4.56. The average Bonchev–Trinajstić information content (AvgIpc) is 2.22. The van der Waals surface area contributed by atoms with E-state index in [1.807, 2.05) is 0 Å². The van der Waals surface area contributed by atoms with Crippen LogP contribution in [-0.4, -0.2) is 38.7 Å². The summed E-state index contributed by atoms with van der Waals surface area (Å²) < 4.78 is 0. The lowest BCUT2D eigenvalue weighted by Gasteiger charge is -2.40. The molecule has 0 aromatic rings. The molecule has 5 nitrogen and oxygen atoms in total. The Morgan fingerprint density at radius 2 is 2.50 bits per heavy atom. The molecular weight excluding hydrogens is 180 g/mol. The molecule has 0 aliphatic carbocycles. The van der Waals surface area contributed by atoms with Crippen LogP contribution in [0.4, 0.5) is 0 Å². The Labute approximate surface area is 72.9 Å². The van der Waals surface area contributed by atoms with E-state index < -0.39 is 11.6 Å². The van der Waals surface area contributed by atoms with Crippen LogP contribution in [0.25, 0.3) is 0 Å². The van der Waals surface area contributed by atoms with Crippen molar-refractivity contribution < 1.29 is 14.7 Å². The van der Waals surface area contributed by atoms with Gasteiger partial charge in [0.1, 0.15) is 0 Å². The number of carboxylic acids is 1. The molecule has 2 atom stereocenters. The lowest BCUT2D eigenvalue weighted by Crippen LogP contribution is -2.67. The second-order valence-electron chi connectivity index (χ2n) is 2.96. The molecule has 2 heterocycles. The van der Waals surface area contributed by atoms with Crippen molar-refractivity contribution in [1.82, 2.24) is 4.90 Å². The van der Waals surface area contributed by atoms with E-state index in [1.54, 1.807) is 0 Å². The van der Waals surface area contributed by atoms with Gasteiger partial charge in [-0.3, -0.25) is 10.5 Å². The summed E-state index contributed by atoms with van der Waals surface area (Å²) in [5.74, 6) is -0.987. The van der Waals surface area contributed by atoms with Crippen molar-refractivity contribution in [3.8, 4) is 0 Å². The Kier molecular flexibility index (Phi) is 1.40. The fourth-order valence-corrected chi connectivity index (χ4v) is 2.88. The van der Waals surface area contributed by atoms with Crippen molar-refractivity contribution in [2.24, 2.45) is 5.73 Å². The lowest BCUT2D eigenvalue weighted by atomic mass is 10.1. The monoisotopic (exact) mass is 188 g/mol. The minimum absolute atomic E-state index is 0.00130. The van der Waals surface area contributed by atoms with Gasteiger partial charge in [0, 0.05) is 5.75 Å². The molecule has 0 spiro atoms. The molecule has 2 fully saturated rings. The lowest BCUT2D eigenvalue weighted by molar-refractivity contribution is -0.164. The standard InChI is InChI=1S/C6H8N2O3S/c7-6(5(10)11)2-12-4-1-3(9)8(4)6/h4H,1-2,7H2,(H,10,11)/t4-,6?/m1/s1. The maximum Gasteiger partial charge on any atom is 0.345 e. The van der Waals surface area contributed by atoms with Gasteiger partial charge in [0.05, 0.1) is 11.8 Å². The molecule has 2 aliphatic rings. The Bertz CT molecular complexity index is 270. The fourth-order valence-electron chi connectivity index (χ4n) is 1.46. The highest BCUT2D eigenvalue weighted by Crippen LogP contribution is 2.42. The van der Waals surface area contributed by atoms with Crippen molar-refractivity contribution in [2.75, 3.05) is 5.75 Å². The second kappa shape index (κ2) is 2.14. The van der Waals surface area contributed by atoms with Crippen molar-refractivity contribution in [3.63, 3.8) is 0 Å². The van der Waals surface area contributed by atoms with Crippen LogP contribution < -0.4 is 5.73 Å². The van der Waals surface area contributed by atoms with Crippen LogP contribution in [0, 0.1) is 0 Å². The molecule has 12 heavy (non-hydrogen) atoms. The molecule has 0 aromatic carbocycles. The van der Waals surface area contributed by atoms with Gasteiger partial charge in [0.15, 0.2) is 0 Å². The predicted octanol–water partition coefficient (Wildman–Crippen LogP) is -0.969. The molecule has 66 valence electrons. The van der Waals surface area contributed by atoms with Crippen LogP contribution in [-0.2, 0) is 9.59 Å². The van der Waals surface area contributed by atoms with Crippen LogP contribution in [0.3, 0.4) is 0 Å². The number of β-lactam (4-membered cyclic amide) rings is 1. The van der Waals surface area contributed by atoms with E-state index in [2.05, 4.69) is 0 Å². The number of nitrogens with two attached hydrogens (primary N) is 1. The van der Waals surface area contributed by atoms with Crippen LogP contribution in [0.5, 0.6) is 0 Å². The van der Waals surface area contributed by atoms with E-state index in [4.69, 9.17) is 10.8 Å². The summed E-state index contributed by atoms with van der Waals surface area (Å²) in [6, 6.07) is 0. The van der Waals surface area contributed by atoms with Crippen LogP contribution >= 0.6 is 11.8 Å². The summed E-state index contributed by atoms with van der Waals surface area (Å²) in [7, 11) is 0. The first-order valence-electron chi connectivity index (χ1n) is 3.52. The molecule has 6 heteroatoms. The third kappa shape index (κ3) is 0.736. The van der Waals surface area contributed by atoms with Crippen molar-refractivity contribution in [1.29, 1.82) is 0 Å². The van der Waals surface area contributed by atoms with Gasteiger partial charge in [0.25, 0.3) is 0 Å². The molecule has 2 aliphatic heterocycles. The van der Waals surface area contributed by atoms with Gasteiger partial charge in [-0.2, -0.15) is 0 Å². The third-order valence-corrected chi connectivity index (χ3v) is 3.57. The number of hydrogen-bond acceptors (Lipinski definition) is 4. The Hall–Kier alpha value is -0.750. The summed E-state index contributed by atoms with van der Waals surface area (Å²) in [6.45, 7) is 0. The summed E-state index contributed by atoms with van der Waals surface area (Å²) in [5, 5.41) is 8.78. The number of carbonyl (C=O) groups excluding carboxylic acids is 1. The first-order chi connectivity index (χ1) is 5.55. The van der Waals surface area contributed by atoms with Gasteiger partial charge in [0.2, 0.25) is 11.6 Å². The maximum absolute atomic E-state index is 11.0. The second-order valence-corrected chi connectivity index (χ2v) is 4.13. The Balaban J connectivity index is 2.28. The molecule has 1 amide bonds. The van der Waals surface area contributed by atoms with Gasteiger partial charge < -0.3 is 10.0 Å². The van der Waals surface area contributed by atoms with Crippen molar-refractivity contribution in [2.45, 2.75) is 17.5 Å². The highest BCUT2D eigenvalue weighted by Gasteiger charge is 2.58. The SMILES string of the molecule is NC1(C(=O)O)CS[C@@H]2CC(=O)N21. The van der Waals surface area contributed by atoms with E-state index in [0.29, 0.717) is 12.2 Å². The number of rotatable bonds is 1. The molecule has 0 radical (unpaired) electrons. The van der Waals surface area contributed by atoms with Crippen LogP contribution in [0.15, 0.2) is 0 Å². The van der Waals surface area contributed by atoms with Gasteiger partial charge in [-0.15, -0.1) is 11.8 Å². The molecule has 1 unspecified atom stereocenters. The normalized spacial score (nSPS) is 39.2. The van der Waals surface area contributed by atoms with E-state index in [9.17, 15) is 9.59 Å². The number of hydrogen-bond donors (Lipinski definition) is 2. The zero-order valence-electron chi connectivity index (χ0n) is 6.19. The highest BCUT2D eigenvalue weighted by atomic mass is 32.2. The quantitative estimate of drug-likeness (QED) is 0.517. The largest absolute Gasteiger partial charge is 0.478 e. The highest BCUT2D eigenvalue weighted by molar-refractivity contribution is 8.00. The summed E-state index contributed by atoms with van der Waals surface area (Å²) >= 11 is 1.43. The number of aliphatic carboxylic acids is 1. The van der Waals surface area contributed by atoms with Gasteiger partial charge in [-0.1, -0.05) is 0 Å². The molecule has 3 N–H and O–H groups in total. The van der Waals surface area contributed by atoms with Gasteiger partial charge >= 0.3 is 5.97 Å². The third-order valence-electron chi connectivity index (χ3n) is 2.20. The zero-order chi connectivity index (χ0) is 8.93. The Morgan fingerprint density at radius 3 is 2.92 bits per heavy atom. The first kappa shape index (κ1) is 7.88. The number of nitrogens with zero attached hydrogens (tertiary/aromatic N) is 1. The van der Waals surface area contributed by atoms with Crippen molar-refractivity contribution in [3.05, 3.63) is 0 Å². The molecule has 2 rings (SSSR count). The predicted molar refractivity (Wildman–Crippen MR) is 42.3 cm³/mol. The Morgan fingerprint density at radius 1 is 1.83 bits per heavy atom. The average molecular weight is 188 g/mol. The van der Waals surface area contributed by atoms with E-state index in [1.165, 1.54) is 16.7 Å². The molecular formula is C6H8N2O3S. The number of thioether (sulfide) groups is 1. The van der Waals surface area contributed by atoms with E-state index in [0.717, 1.165) is 0 Å². The number of fused-ring (bicyclic) bond motifs is 1. The number of carbonyl (C=O) groups is 2. The zero-order valence-corrected chi connectivity index (χ0v) is 7.00. The number of carboxylic acid groups (broad SMARTS) is 1. The van der Waals surface area contributed by atoms with Crippen molar-refractivity contribution >= 4 is 23.6 Å². The molecule has 0 aromatic heterocycles. The minimum Gasteiger partial charge on any atom is -0.478 e.